The second kappa shape index (κ2) is 24.4. The van der Waals surface area contributed by atoms with E-state index in [1.165, 1.54) is 35.1 Å². The molecule has 0 bridgehead atoms. The lowest BCUT2D eigenvalue weighted by Crippen LogP contribution is -2.57. The van der Waals surface area contributed by atoms with Crippen LogP contribution in [0.25, 0.3) is 0 Å². The number of likely N-dealkylation sites (tertiary alicyclic amines) is 2. The van der Waals surface area contributed by atoms with E-state index in [9.17, 15) is 19.2 Å². The minimum Gasteiger partial charge on any atom is -0.344 e. The fourth-order valence-electron chi connectivity index (χ4n) is 13.3. The van der Waals surface area contributed by atoms with Crippen LogP contribution < -0.4 is 16.0 Å². The number of nitrogens with zero attached hydrogens (tertiary/aromatic N) is 4. The van der Waals surface area contributed by atoms with Crippen molar-refractivity contribution in [3.8, 4) is 0 Å². The lowest BCUT2D eigenvalue weighted by molar-refractivity contribution is -0.140. The van der Waals surface area contributed by atoms with Crippen molar-refractivity contribution < 1.29 is 19.2 Å². The van der Waals surface area contributed by atoms with Crippen LogP contribution in [-0.2, 0) is 32.0 Å². The van der Waals surface area contributed by atoms with E-state index < -0.39 is 12.1 Å². The summed E-state index contributed by atoms with van der Waals surface area (Å²) >= 11 is 0. The first-order valence-corrected chi connectivity index (χ1v) is 27.7. The van der Waals surface area contributed by atoms with Crippen molar-refractivity contribution in [2.24, 2.45) is 17.8 Å². The molecule has 4 amide bonds. The van der Waals surface area contributed by atoms with Gasteiger partial charge in [-0.25, -0.2) is 0 Å². The molecule has 11 nitrogen and oxygen atoms in total. The number of carbonyl (C=O) groups excluding carboxylic acids is 4. The number of carbonyl (C=O) groups is 4. The molecule has 2 unspecified atom stereocenters. The molecule has 4 fully saturated rings. The first-order valence-electron chi connectivity index (χ1n) is 27.7. The van der Waals surface area contributed by atoms with E-state index in [4.69, 9.17) is 0 Å². The molecule has 8 atom stereocenters. The van der Waals surface area contributed by atoms with Crippen LogP contribution in [0.3, 0.4) is 0 Å². The second-order valence-electron chi connectivity index (χ2n) is 21.9. The molecule has 4 aliphatic carbocycles. The van der Waals surface area contributed by atoms with E-state index in [1.807, 2.05) is 13.8 Å². The first-order chi connectivity index (χ1) is 33.1. The highest BCUT2D eigenvalue weighted by atomic mass is 16.2. The van der Waals surface area contributed by atoms with Crippen molar-refractivity contribution in [2.75, 3.05) is 46.3 Å². The van der Waals surface area contributed by atoms with E-state index in [0.717, 1.165) is 161 Å². The smallest absolute Gasteiger partial charge is 0.245 e. The van der Waals surface area contributed by atoms with Gasteiger partial charge in [-0.05, 0) is 157 Å². The fraction of sp³-hybridized carbons (Fsp3) is 0.719. The summed E-state index contributed by atoms with van der Waals surface area (Å²) in [5.41, 5.74) is 5.80. The molecule has 8 rings (SSSR count). The van der Waals surface area contributed by atoms with Crippen molar-refractivity contribution in [1.29, 1.82) is 0 Å². The van der Waals surface area contributed by atoms with Gasteiger partial charge in [0.25, 0.3) is 0 Å². The molecular weight excluding hydrogens is 847 g/mol. The van der Waals surface area contributed by atoms with Gasteiger partial charge in [0.15, 0.2) is 0 Å². The minimum atomic E-state index is -0.473. The van der Waals surface area contributed by atoms with E-state index in [2.05, 4.69) is 91.0 Å². The number of likely N-dealkylation sites (N-methyl/N-ethyl adjacent to an activating group) is 1. The third-order valence-corrected chi connectivity index (χ3v) is 17.7. The maximum absolute atomic E-state index is 14.8. The minimum absolute atomic E-state index is 0.0192. The predicted octanol–water partition coefficient (Wildman–Crippen LogP) is 8.51. The fourth-order valence-corrected chi connectivity index (χ4v) is 13.3. The lowest BCUT2D eigenvalue weighted by Gasteiger charge is -2.39. The van der Waals surface area contributed by atoms with Gasteiger partial charge in [-0.15, -0.1) is 0 Å². The van der Waals surface area contributed by atoms with Crippen molar-refractivity contribution in [3.05, 3.63) is 70.8 Å². The largest absolute Gasteiger partial charge is 0.344 e. The zero-order chi connectivity index (χ0) is 47.6. The number of amides is 4. The van der Waals surface area contributed by atoms with E-state index in [-0.39, 0.29) is 59.5 Å². The first kappa shape index (κ1) is 50.6. The van der Waals surface area contributed by atoms with Crippen LogP contribution in [0.4, 0.5) is 0 Å². The van der Waals surface area contributed by atoms with E-state index in [0.29, 0.717) is 12.1 Å². The van der Waals surface area contributed by atoms with Crippen LogP contribution in [0.1, 0.15) is 177 Å². The van der Waals surface area contributed by atoms with Gasteiger partial charge in [-0.3, -0.25) is 29.0 Å². The Hall–Kier alpha value is -3.80. The SMILES string of the molecule is CC[C@@H](C)C(=O)N[C@H](C(=O)N1CCC[C@H]1CN(CCCCN(C[C@@H]1CCCN1C(=O)[C@@H](NC(=O)[C@H](C)NC)C1CCCCC1)C1CCc2ccccc21)C1CCc2ccccc21)C1CCCCC1. The van der Waals surface area contributed by atoms with Crippen LogP contribution in [0.5, 0.6) is 0 Å². The Bertz CT molecular complexity index is 1840. The van der Waals surface area contributed by atoms with Gasteiger partial charge in [-0.2, -0.15) is 0 Å². The Morgan fingerprint density at radius 2 is 1.03 bits per heavy atom. The van der Waals surface area contributed by atoms with Gasteiger partial charge in [0.05, 0.1) is 6.04 Å². The number of rotatable bonds is 21. The average Bonchev–Trinajstić information content (AvgIpc) is 4.22. The monoisotopic (exact) mass is 934 g/mol. The lowest BCUT2D eigenvalue weighted by atomic mass is 9.83. The van der Waals surface area contributed by atoms with Crippen LogP contribution in [0.15, 0.2) is 48.5 Å². The number of nitrogens with one attached hydrogen (secondary N) is 3. The summed E-state index contributed by atoms with van der Waals surface area (Å²) in [5.74, 6) is 0.483. The van der Waals surface area contributed by atoms with Gasteiger partial charge in [-0.1, -0.05) is 101 Å². The summed E-state index contributed by atoms with van der Waals surface area (Å²) in [4.78, 5) is 66.1. The van der Waals surface area contributed by atoms with Crippen LogP contribution in [-0.4, -0.2) is 120 Å². The Morgan fingerprint density at radius 3 is 1.47 bits per heavy atom. The zero-order valence-corrected chi connectivity index (χ0v) is 42.4. The van der Waals surface area contributed by atoms with Gasteiger partial charge in [0.1, 0.15) is 12.1 Å². The van der Waals surface area contributed by atoms with Gasteiger partial charge >= 0.3 is 0 Å². The molecule has 0 spiro atoms. The molecule has 2 aliphatic heterocycles. The van der Waals surface area contributed by atoms with Gasteiger partial charge < -0.3 is 25.8 Å². The third-order valence-electron chi connectivity index (χ3n) is 17.7. The summed E-state index contributed by atoms with van der Waals surface area (Å²) < 4.78 is 0. The molecule has 2 heterocycles. The Morgan fingerprint density at radius 1 is 0.588 bits per heavy atom. The molecule has 0 radical (unpaired) electrons. The summed E-state index contributed by atoms with van der Waals surface area (Å²) in [6, 6.07) is 17.6. The normalized spacial score (nSPS) is 25.0. The maximum Gasteiger partial charge on any atom is 0.245 e. The molecular formula is C57H87N7O4. The van der Waals surface area contributed by atoms with Crippen molar-refractivity contribution in [3.63, 3.8) is 0 Å². The Balaban J connectivity index is 0.979. The van der Waals surface area contributed by atoms with E-state index >= 15 is 0 Å². The van der Waals surface area contributed by atoms with Crippen molar-refractivity contribution >= 4 is 23.6 Å². The Labute approximate surface area is 409 Å². The summed E-state index contributed by atoms with van der Waals surface area (Å²) in [5, 5.41) is 9.66. The molecule has 11 heteroatoms. The highest BCUT2D eigenvalue weighted by molar-refractivity contribution is 5.90. The predicted molar refractivity (Wildman–Crippen MR) is 272 cm³/mol. The highest BCUT2D eigenvalue weighted by Gasteiger charge is 2.42. The van der Waals surface area contributed by atoms with Crippen molar-refractivity contribution in [2.45, 2.75) is 198 Å². The van der Waals surface area contributed by atoms with Crippen molar-refractivity contribution in [1.82, 2.24) is 35.6 Å². The topological polar surface area (TPSA) is 117 Å². The van der Waals surface area contributed by atoms with Crippen LogP contribution in [0.2, 0.25) is 0 Å². The molecule has 2 aromatic rings. The van der Waals surface area contributed by atoms with Crippen LogP contribution >= 0.6 is 0 Å². The molecule has 2 saturated heterocycles. The zero-order valence-electron chi connectivity index (χ0n) is 42.4. The second-order valence-corrected chi connectivity index (χ2v) is 21.9. The standard InChI is InChI=1S/C57H87N7O4/c1-5-40(2)54(65)59-52(44-22-8-6-9-23-44)56(67)63-36-18-26-46(63)38-61(50-32-30-42-20-12-14-28-48(42)50)34-16-17-35-62(51-33-31-43-21-13-15-29-49(43)51)39-47-27-19-37-64(47)57(68)53(45-24-10-7-11-25-45)60-55(66)41(3)58-4/h12-15,20-21,28-29,40-41,44-47,50-53,58H,5-11,16-19,22-27,30-39H2,1-4H3,(H,59,65)(H,60,66)/t40-,41+,46+,47+,50?,51?,52+,53+/m1/s1. The molecule has 374 valence electrons. The van der Waals surface area contributed by atoms with Gasteiger partial charge in [0.2, 0.25) is 23.6 Å². The molecule has 2 aromatic carbocycles. The van der Waals surface area contributed by atoms with Crippen LogP contribution in [0, 0.1) is 17.8 Å². The highest BCUT2D eigenvalue weighted by Crippen LogP contribution is 2.40. The summed E-state index contributed by atoms with van der Waals surface area (Å²) in [7, 11) is 1.80. The van der Waals surface area contributed by atoms with E-state index in [1.54, 1.807) is 7.05 Å². The third kappa shape index (κ3) is 12.0. The summed E-state index contributed by atoms with van der Waals surface area (Å²) in [6.07, 6.45) is 22.1. The quantitative estimate of drug-likeness (QED) is 0.108. The maximum atomic E-state index is 14.8. The molecule has 6 aliphatic rings. The number of hydrogen-bond donors (Lipinski definition) is 3. The molecule has 2 saturated carbocycles. The number of hydrogen-bond acceptors (Lipinski definition) is 7. The average molecular weight is 934 g/mol. The summed E-state index contributed by atoms with van der Waals surface area (Å²) in [6.45, 7) is 11.0. The number of fused-ring (bicyclic) bond motifs is 2. The Kier molecular flexibility index (Phi) is 18.1. The molecule has 3 N–H and O–H groups in total. The number of benzene rings is 2. The molecule has 0 aromatic heterocycles. The number of unbranched alkanes of at least 4 members (excludes halogenated alkanes) is 1. The number of aryl methyl sites for hydroxylation is 2. The molecule has 68 heavy (non-hydrogen) atoms. The van der Waals surface area contributed by atoms with Gasteiger partial charge in [0, 0.05) is 56.3 Å².